The molecule has 0 bridgehead atoms. The first-order chi connectivity index (χ1) is 5.33. The lowest BCUT2D eigenvalue weighted by Crippen LogP contribution is -1.82. The second-order valence-corrected chi connectivity index (χ2v) is 1.79. The SMILES string of the molecule is C=C.OCc1cccc(F)c1. The maximum Gasteiger partial charge on any atom is 0.123 e. The van der Waals surface area contributed by atoms with E-state index in [1.54, 1.807) is 12.1 Å². The van der Waals surface area contributed by atoms with Crippen LogP contribution in [0.15, 0.2) is 37.4 Å². The minimum absolute atomic E-state index is 0.0994. The monoisotopic (exact) mass is 154 g/mol. The van der Waals surface area contributed by atoms with E-state index in [1.165, 1.54) is 12.1 Å². The number of aliphatic hydroxyl groups excluding tert-OH is 1. The van der Waals surface area contributed by atoms with E-state index >= 15 is 0 Å². The van der Waals surface area contributed by atoms with Crippen molar-refractivity contribution >= 4 is 0 Å². The molecule has 60 valence electrons. The van der Waals surface area contributed by atoms with Crippen LogP contribution in [0.1, 0.15) is 5.56 Å². The molecular weight excluding hydrogens is 143 g/mol. The number of rotatable bonds is 1. The van der Waals surface area contributed by atoms with E-state index in [1.807, 2.05) is 0 Å². The van der Waals surface area contributed by atoms with E-state index in [-0.39, 0.29) is 12.4 Å². The fourth-order valence-electron chi connectivity index (χ4n) is 0.635. The van der Waals surface area contributed by atoms with Crippen molar-refractivity contribution in [2.24, 2.45) is 0 Å². The van der Waals surface area contributed by atoms with E-state index in [0.717, 1.165) is 0 Å². The molecule has 0 saturated carbocycles. The smallest absolute Gasteiger partial charge is 0.123 e. The average molecular weight is 154 g/mol. The summed E-state index contributed by atoms with van der Waals surface area (Å²) in [5.41, 5.74) is 0.606. The maximum absolute atomic E-state index is 12.2. The minimum atomic E-state index is -0.304. The van der Waals surface area contributed by atoms with E-state index in [2.05, 4.69) is 13.2 Å². The second-order valence-electron chi connectivity index (χ2n) is 1.79. The van der Waals surface area contributed by atoms with Crippen molar-refractivity contribution in [1.29, 1.82) is 0 Å². The zero-order valence-corrected chi connectivity index (χ0v) is 6.26. The lowest BCUT2D eigenvalue weighted by Gasteiger charge is -1.92. The second kappa shape index (κ2) is 5.62. The summed E-state index contributed by atoms with van der Waals surface area (Å²) in [5.74, 6) is -0.304. The molecule has 1 nitrogen and oxygen atoms in total. The molecule has 0 aliphatic carbocycles. The molecule has 0 atom stereocenters. The first-order valence-corrected chi connectivity index (χ1v) is 3.18. The normalized spacial score (nSPS) is 8.18. The van der Waals surface area contributed by atoms with Crippen molar-refractivity contribution in [3.05, 3.63) is 48.8 Å². The van der Waals surface area contributed by atoms with Crippen molar-refractivity contribution in [2.75, 3.05) is 0 Å². The van der Waals surface area contributed by atoms with Crippen molar-refractivity contribution in [1.82, 2.24) is 0 Å². The van der Waals surface area contributed by atoms with Crippen LogP contribution >= 0.6 is 0 Å². The van der Waals surface area contributed by atoms with E-state index < -0.39 is 0 Å². The Bertz CT molecular complexity index is 210. The molecule has 0 unspecified atom stereocenters. The van der Waals surface area contributed by atoms with Crippen molar-refractivity contribution in [2.45, 2.75) is 6.61 Å². The van der Waals surface area contributed by atoms with Gasteiger partial charge < -0.3 is 5.11 Å². The highest BCUT2D eigenvalue weighted by Gasteiger charge is 1.89. The molecule has 0 saturated heterocycles. The van der Waals surface area contributed by atoms with Gasteiger partial charge in [0.15, 0.2) is 0 Å². The zero-order chi connectivity index (χ0) is 8.69. The summed E-state index contributed by atoms with van der Waals surface area (Å²) < 4.78 is 12.2. The molecule has 0 heterocycles. The molecule has 1 rings (SSSR count). The van der Waals surface area contributed by atoms with E-state index in [9.17, 15) is 4.39 Å². The Morgan fingerprint density at radius 1 is 1.36 bits per heavy atom. The number of hydrogen-bond acceptors (Lipinski definition) is 1. The van der Waals surface area contributed by atoms with Gasteiger partial charge in [-0.2, -0.15) is 0 Å². The van der Waals surface area contributed by atoms with Crippen LogP contribution < -0.4 is 0 Å². The topological polar surface area (TPSA) is 20.2 Å². The summed E-state index contributed by atoms with van der Waals surface area (Å²) >= 11 is 0. The fraction of sp³-hybridized carbons (Fsp3) is 0.111. The van der Waals surface area contributed by atoms with Crippen LogP contribution in [0.3, 0.4) is 0 Å². The molecule has 0 aromatic heterocycles. The van der Waals surface area contributed by atoms with Crippen LogP contribution in [0.2, 0.25) is 0 Å². The average Bonchev–Trinajstić information content (AvgIpc) is 2.08. The Morgan fingerprint density at radius 3 is 2.36 bits per heavy atom. The van der Waals surface area contributed by atoms with Crippen molar-refractivity contribution < 1.29 is 9.50 Å². The van der Waals surface area contributed by atoms with Gasteiger partial charge in [0.1, 0.15) is 5.82 Å². The molecular formula is C9H11FO. The van der Waals surface area contributed by atoms with Gasteiger partial charge in [-0.1, -0.05) is 12.1 Å². The van der Waals surface area contributed by atoms with Crippen LogP contribution in [0, 0.1) is 5.82 Å². The van der Waals surface area contributed by atoms with Gasteiger partial charge in [0.05, 0.1) is 6.61 Å². The quantitative estimate of drug-likeness (QED) is 0.614. The van der Waals surface area contributed by atoms with Crippen LogP contribution in [-0.2, 0) is 6.61 Å². The molecule has 0 aliphatic heterocycles. The van der Waals surface area contributed by atoms with Crippen LogP contribution in [0.5, 0.6) is 0 Å². The largest absolute Gasteiger partial charge is 0.392 e. The van der Waals surface area contributed by atoms with Gasteiger partial charge in [0, 0.05) is 0 Å². The Balaban J connectivity index is 0.000000461. The summed E-state index contributed by atoms with van der Waals surface area (Å²) in [4.78, 5) is 0. The molecule has 0 spiro atoms. The Hall–Kier alpha value is -1.15. The van der Waals surface area contributed by atoms with Gasteiger partial charge in [-0.15, -0.1) is 13.2 Å². The number of hydrogen-bond donors (Lipinski definition) is 1. The van der Waals surface area contributed by atoms with Gasteiger partial charge in [-0.3, -0.25) is 0 Å². The Kier molecular flexibility index (Phi) is 5.03. The van der Waals surface area contributed by atoms with Gasteiger partial charge >= 0.3 is 0 Å². The van der Waals surface area contributed by atoms with Crippen molar-refractivity contribution in [3.8, 4) is 0 Å². The standard InChI is InChI=1S/C7H7FO.C2H4/c8-7-3-1-2-6(4-7)5-9;1-2/h1-4,9H,5H2;1-2H2. The predicted octanol–water partition coefficient (Wildman–Crippen LogP) is 2.12. The highest BCUT2D eigenvalue weighted by Crippen LogP contribution is 2.01. The third kappa shape index (κ3) is 3.53. The van der Waals surface area contributed by atoms with Gasteiger partial charge in [0.25, 0.3) is 0 Å². The number of aliphatic hydroxyl groups is 1. The third-order valence-corrected chi connectivity index (χ3v) is 1.07. The summed E-state index contributed by atoms with van der Waals surface area (Å²) in [5, 5.41) is 8.50. The molecule has 1 aromatic rings. The van der Waals surface area contributed by atoms with E-state index in [4.69, 9.17) is 5.11 Å². The van der Waals surface area contributed by atoms with Crippen LogP contribution in [0.4, 0.5) is 4.39 Å². The molecule has 0 fully saturated rings. The highest BCUT2D eigenvalue weighted by molar-refractivity contribution is 5.14. The predicted molar refractivity (Wildman–Crippen MR) is 43.6 cm³/mol. The number of benzene rings is 1. The summed E-state index contributed by atoms with van der Waals surface area (Å²) in [7, 11) is 0. The van der Waals surface area contributed by atoms with Gasteiger partial charge in [-0.25, -0.2) is 4.39 Å². The van der Waals surface area contributed by atoms with E-state index in [0.29, 0.717) is 5.56 Å². The summed E-state index contributed by atoms with van der Waals surface area (Å²) in [6.07, 6.45) is 0. The first kappa shape index (κ1) is 9.85. The minimum Gasteiger partial charge on any atom is -0.392 e. The molecule has 1 N–H and O–H groups in total. The first-order valence-electron chi connectivity index (χ1n) is 3.18. The van der Waals surface area contributed by atoms with Gasteiger partial charge in [-0.05, 0) is 17.7 Å². The molecule has 2 heteroatoms. The summed E-state index contributed by atoms with van der Waals surface area (Å²) in [6.45, 7) is 5.90. The van der Waals surface area contributed by atoms with Crippen LogP contribution in [-0.4, -0.2) is 5.11 Å². The maximum atomic E-state index is 12.2. The molecule has 1 aromatic carbocycles. The molecule has 0 amide bonds. The zero-order valence-electron chi connectivity index (χ0n) is 6.26. The van der Waals surface area contributed by atoms with Gasteiger partial charge in [0.2, 0.25) is 0 Å². The molecule has 0 radical (unpaired) electrons. The lowest BCUT2D eigenvalue weighted by atomic mass is 10.2. The summed E-state index contributed by atoms with van der Waals surface area (Å²) in [6, 6.07) is 5.89. The van der Waals surface area contributed by atoms with Crippen LogP contribution in [0.25, 0.3) is 0 Å². The fourth-order valence-corrected chi connectivity index (χ4v) is 0.635. The Labute approximate surface area is 65.8 Å². The molecule has 0 aliphatic rings. The van der Waals surface area contributed by atoms with Crippen molar-refractivity contribution in [3.63, 3.8) is 0 Å². The molecule has 11 heavy (non-hydrogen) atoms. The highest BCUT2D eigenvalue weighted by atomic mass is 19.1. The number of halogens is 1. The lowest BCUT2D eigenvalue weighted by molar-refractivity contribution is 0.281. The third-order valence-electron chi connectivity index (χ3n) is 1.07. The Morgan fingerprint density at radius 2 is 2.00 bits per heavy atom.